The second kappa shape index (κ2) is 8.79. The molecule has 2 aromatic carbocycles. The Hall–Kier alpha value is -3.12. The highest BCUT2D eigenvalue weighted by atomic mass is 35.5. The molecule has 5 rings (SSSR count). The summed E-state index contributed by atoms with van der Waals surface area (Å²) in [7, 11) is 0. The van der Waals surface area contributed by atoms with Gasteiger partial charge in [0.25, 0.3) is 0 Å². The molecule has 3 heterocycles. The zero-order valence-corrected chi connectivity index (χ0v) is 18.6. The SMILES string of the molecule is N[C@H](COc1cnc(Cl)c(-c2ccc3c(Cl)nccc3c2)c1)Cc1c[nH]c2ccccc12. The van der Waals surface area contributed by atoms with E-state index in [2.05, 4.69) is 27.1 Å². The number of fused-ring (bicyclic) bond motifs is 2. The van der Waals surface area contributed by atoms with Gasteiger partial charge < -0.3 is 15.5 Å². The zero-order valence-electron chi connectivity index (χ0n) is 17.1. The number of H-pyrrole nitrogens is 1. The first kappa shape index (κ1) is 20.8. The highest BCUT2D eigenvalue weighted by Gasteiger charge is 2.12. The van der Waals surface area contributed by atoms with Crippen LogP contribution in [0, 0.1) is 0 Å². The molecule has 3 aromatic heterocycles. The molecule has 0 radical (unpaired) electrons. The van der Waals surface area contributed by atoms with Crippen molar-refractivity contribution in [3.63, 3.8) is 0 Å². The molecule has 0 bridgehead atoms. The van der Waals surface area contributed by atoms with Crippen LogP contribution in [-0.2, 0) is 6.42 Å². The third-order valence-electron chi connectivity index (χ3n) is 5.46. The van der Waals surface area contributed by atoms with Crippen LogP contribution in [0.4, 0.5) is 0 Å². The maximum Gasteiger partial charge on any atom is 0.138 e. The van der Waals surface area contributed by atoms with Gasteiger partial charge >= 0.3 is 0 Å². The smallest absolute Gasteiger partial charge is 0.138 e. The van der Waals surface area contributed by atoms with E-state index >= 15 is 0 Å². The Kier molecular flexibility index (Phi) is 5.70. The largest absolute Gasteiger partial charge is 0.490 e. The van der Waals surface area contributed by atoms with Crippen molar-refractivity contribution in [1.29, 1.82) is 0 Å². The molecule has 0 saturated carbocycles. The number of hydrogen-bond donors (Lipinski definition) is 2. The fourth-order valence-corrected chi connectivity index (χ4v) is 4.30. The topological polar surface area (TPSA) is 76.8 Å². The minimum absolute atomic E-state index is 0.163. The zero-order chi connectivity index (χ0) is 22.1. The van der Waals surface area contributed by atoms with Crippen molar-refractivity contribution >= 4 is 44.9 Å². The summed E-state index contributed by atoms with van der Waals surface area (Å²) in [6.45, 7) is 0.362. The second-order valence-electron chi connectivity index (χ2n) is 7.68. The van der Waals surface area contributed by atoms with Gasteiger partial charge in [-0.1, -0.05) is 53.5 Å². The molecule has 1 atom stereocenters. The van der Waals surface area contributed by atoms with Gasteiger partial charge in [0.05, 0.1) is 6.20 Å². The van der Waals surface area contributed by atoms with Crippen LogP contribution in [0.3, 0.4) is 0 Å². The van der Waals surface area contributed by atoms with Gasteiger partial charge in [-0.15, -0.1) is 0 Å². The summed E-state index contributed by atoms with van der Waals surface area (Å²) in [4.78, 5) is 11.7. The number of nitrogens with one attached hydrogen (secondary N) is 1. The van der Waals surface area contributed by atoms with E-state index in [-0.39, 0.29) is 6.04 Å². The third-order valence-corrected chi connectivity index (χ3v) is 6.06. The monoisotopic (exact) mass is 462 g/mol. The number of halogens is 2. The summed E-state index contributed by atoms with van der Waals surface area (Å²) >= 11 is 12.6. The lowest BCUT2D eigenvalue weighted by molar-refractivity contribution is 0.287. The third kappa shape index (κ3) is 4.15. The average Bonchev–Trinajstić information content (AvgIpc) is 3.21. The molecule has 0 aliphatic heterocycles. The fourth-order valence-electron chi connectivity index (χ4n) is 3.86. The molecular formula is C25H20Cl2N4O. The van der Waals surface area contributed by atoms with E-state index in [4.69, 9.17) is 33.7 Å². The molecule has 160 valence electrons. The number of benzene rings is 2. The summed E-state index contributed by atoms with van der Waals surface area (Å²) in [5.74, 6) is 0.617. The van der Waals surface area contributed by atoms with Gasteiger partial charge in [-0.05, 0) is 47.2 Å². The number of pyridine rings is 2. The summed E-state index contributed by atoms with van der Waals surface area (Å²) < 4.78 is 5.96. The number of ether oxygens (including phenoxy) is 1. The van der Waals surface area contributed by atoms with Gasteiger partial charge in [0, 0.05) is 40.3 Å². The van der Waals surface area contributed by atoms with Crippen LogP contribution in [-0.4, -0.2) is 27.6 Å². The van der Waals surface area contributed by atoms with E-state index in [0.717, 1.165) is 27.4 Å². The molecule has 0 unspecified atom stereocenters. The number of para-hydroxylation sites is 1. The van der Waals surface area contributed by atoms with E-state index in [1.807, 2.05) is 48.7 Å². The van der Waals surface area contributed by atoms with Crippen molar-refractivity contribution in [2.45, 2.75) is 12.5 Å². The Bertz CT molecular complexity index is 1420. The van der Waals surface area contributed by atoms with Gasteiger partial charge in [0.15, 0.2) is 0 Å². The number of nitrogens with zero attached hydrogens (tertiary/aromatic N) is 2. The molecule has 0 aliphatic carbocycles. The Morgan fingerprint density at radius 3 is 2.75 bits per heavy atom. The molecule has 32 heavy (non-hydrogen) atoms. The number of nitrogens with two attached hydrogens (primary N) is 1. The van der Waals surface area contributed by atoms with Crippen LogP contribution in [0.5, 0.6) is 5.75 Å². The van der Waals surface area contributed by atoms with E-state index in [1.54, 1.807) is 12.4 Å². The second-order valence-corrected chi connectivity index (χ2v) is 8.40. The molecule has 7 heteroatoms. The molecule has 0 aliphatic rings. The number of aromatic nitrogens is 3. The van der Waals surface area contributed by atoms with E-state index in [1.165, 1.54) is 10.9 Å². The first-order valence-corrected chi connectivity index (χ1v) is 11.0. The Balaban J connectivity index is 1.32. The summed E-state index contributed by atoms with van der Waals surface area (Å²) in [6.07, 6.45) is 6.01. The molecular weight excluding hydrogens is 443 g/mol. The minimum Gasteiger partial charge on any atom is -0.490 e. The predicted molar refractivity (Wildman–Crippen MR) is 130 cm³/mol. The Morgan fingerprint density at radius 1 is 0.969 bits per heavy atom. The highest BCUT2D eigenvalue weighted by Crippen LogP contribution is 2.33. The summed E-state index contributed by atoms with van der Waals surface area (Å²) in [5, 5.41) is 3.92. The van der Waals surface area contributed by atoms with Crippen LogP contribution >= 0.6 is 23.2 Å². The van der Waals surface area contributed by atoms with Crippen molar-refractivity contribution in [1.82, 2.24) is 15.0 Å². The number of aromatic amines is 1. The molecule has 3 N–H and O–H groups in total. The quantitative estimate of drug-likeness (QED) is 0.301. The molecule has 0 saturated heterocycles. The maximum absolute atomic E-state index is 6.39. The summed E-state index contributed by atoms with van der Waals surface area (Å²) in [6, 6.07) is 17.7. The van der Waals surface area contributed by atoms with Crippen molar-refractivity contribution in [3.8, 4) is 16.9 Å². The van der Waals surface area contributed by atoms with Crippen LogP contribution in [0.1, 0.15) is 5.56 Å². The van der Waals surface area contributed by atoms with Crippen molar-refractivity contribution in [3.05, 3.63) is 89.1 Å². The first-order valence-electron chi connectivity index (χ1n) is 10.2. The fraction of sp³-hybridized carbons (Fsp3) is 0.120. The minimum atomic E-state index is -0.163. The number of hydrogen-bond acceptors (Lipinski definition) is 4. The van der Waals surface area contributed by atoms with Gasteiger partial charge in [-0.3, -0.25) is 0 Å². The van der Waals surface area contributed by atoms with Gasteiger partial charge in [-0.25, -0.2) is 9.97 Å². The van der Waals surface area contributed by atoms with Crippen LogP contribution in [0.15, 0.2) is 73.2 Å². The molecule has 5 nitrogen and oxygen atoms in total. The van der Waals surface area contributed by atoms with Crippen LogP contribution < -0.4 is 10.5 Å². The molecule has 0 amide bonds. The number of rotatable bonds is 6. The predicted octanol–water partition coefficient (Wildman–Crippen LogP) is 6.03. The van der Waals surface area contributed by atoms with Crippen LogP contribution in [0.25, 0.3) is 32.8 Å². The lowest BCUT2D eigenvalue weighted by Crippen LogP contribution is -2.30. The van der Waals surface area contributed by atoms with Crippen molar-refractivity contribution < 1.29 is 4.74 Å². The van der Waals surface area contributed by atoms with Gasteiger partial charge in [-0.2, -0.15) is 0 Å². The lowest BCUT2D eigenvalue weighted by Gasteiger charge is -2.14. The van der Waals surface area contributed by atoms with Crippen molar-refractivity contribution in [2.75, 3.05) is 6.61 Å². The average molecular weight is 463 g/mol. The Morgan fingerprint density at radius 2 is 1.84 bits per heavy atom. The molecule has 0 spiro atoms. The first-order chi connectivity index (χ1) is 15.6. The van der Waals surface area contributed by atoms with Gasteiger partial charge in [0.2, 0.25) is 0 Å². The maximum atomic E-state index is 6.39. The van der Waals surface area contributed by atoms with Gasteiger partial charge in [0.1, 0.15) is 22.7 Å². The molecule has 0 fully saturated rings. The summed E-state index contributed by atoms with van der Waals surface area (Å²) in [5.41, 5.74) is 10.3. The lowest BCUT2D eigenvalue weighted by atomic mass is 10.0. The van der Waals surface area contributed by atoms with Crippen LogP contribution in [0.2, 0.25) is 10.3 Å². The molecule has 5 aromatic rings. The normalized spacial score (nSPS) is 12.3. The van der Waals surface area contributed by atoms with E-state index < -0.39 is 0 Å². The Labute approximate surface area is 195 Å². The van der Waals surface area contributed by atoms with E-state index in [9.17, 15) is 0 Å². The van der Waals surface area contributed by atoms with Crippen molar-refractivity contribution in [2.24, 2.45) is 5.73 Å². The highest BCUT2D eigenvalue weighted by molar-refractivity contribution is 6.34. The van der Waals surface area contributed by atoms with E-state index in [0.29, 0.717) is 29.1 Å². The standard InChI is InChI=1S/C25H20Cl2N4O/c26-24-21-6-5-15(9-16(21)7-8-29-24)22-11-19(13-31-25(22)27)32-14-18(28)10-17-12-30-23-4-2-1-3-20(17)23/h1-9,11-13,18,30H,10,14,28H2/t18-/m0/s1.